The third-order valence-corrected chi connectivity index (χ3v) is 3.32. The van der Waals surface area contributed by atoms with Gasteiger partial charge in [-0.05, 0) is 12.1 Å². The molecule has 1 atom stereocenters. The highest BCUT2D eigenvalue weighted by molar-refractivity contribution is 6.33. The van der Waals surface area contributed by atoms with Gasteiger partial charge in [0.1, 0.15) is 0 Å². The fourth-order valence-electron chi connectivity index (χ4n) is 2.04. The van der Waals surface area contributed by atoms with E-state index in [1.807, 2.05) is 18.2 Å². The molecule has 3 rings (SSSR count). The van der Waals surface area contributed by atoms with Crippen LogP contribution < -0.4 is 5.32 Å². The summed E-state index contributed by atoms with van der Waals surface area (Å²) >= 11 is 6.10. The van der Waals surface area contributed by atoms with Crippen LogP contribution in [0.2, 0.25) is 5.02 Å². The van der Waals surface area contributed by atoms with Crippen LogP contribution in [0.5, 0.6) is 0 Å². The second-order valence-corrected chi connectivity index (χ2v) is 4.80. The molecular formula is C13H14ClN3O2. The van der Waals surface area contributed by atoms with Gasteiger partial charge in [0.2, 0.25) is 11.7 Å². The smallest absolute Gasteiger partial charge is 0.229 e. The van der Waals surface area contributed by atoms with E-state index in [0.29, 0.717) is 23.2 Å². The molecule has 100 valence electrons. The van der Waals surface area contributed by atoms with E-state index in [-0.39, 0.29) is 6.10 Å². The molecular weight excluding hydrogens is 266 g/mol. The number of halogens is 1. The van der Waals surface area contributed by atoms with E-state index < -0.39 is 0 Å². The molecule has 1 saturated heterocycles. The molecule has 1 aliphatic rings. The van der Waals surface area contributed by atoms with Crippen LogP contribution in [0.1, 0.15) is 5.89 Å². The van der Waals surface area contributed by atoms with E-state index in [1.54, 1.807) is 6.07 Å². The maximum Gasteiger partial charge on any atom is 0.229 e. The highest BCUT2D eigenvalue weighted by Crippen LogP contribution is 2.25. The molecule has 19 heavy (non-hydrogen) atoms. The van der Waals surface area contributed by atoms with E-state index in [0.717, 1.165) is 25.3 Å². The second kappa shape index (κ2) is 5.69. The Hall–Kier alpha value is -1.43. The van der Waals surface area contributed by atoms with Gasteiger partial charge in [0.05, 0.1) is 24.2 Å². The molecule has 5 nitrogen and oxygen atoms in total. The van der Waals surface area contributed by atoms with Gasteiger partial charge >= 0.3 is 0 Å². The van der Waals surface area contributed by atoms with Crippen molar-refractivity contribution < 1.29 is 9.26 Å². The summed E-state index contributed by atoms with van der Waals surface area (Å²) in [6, 6.07) is 7.44. The molecule has 2 aromatic rings. The molecule has 1 unspecified atom stereocenters. The number of nitrogens with zero attached hydrogens (tertiary/aromatic N) is 2. The Morgan fingerprint density at radius 3 is 3.05 bits per heavy atom. The average Bonchev–Trinajstić information content (AvgIpc) is 2.89. The van der Waals surface area contributed by atoms with Gasteiger partial charge in [-0.2, -0.15) is 4.98 Å². The molecule has 0 aliphatic carbocycles. The van der Waals surface area contributed by atoms with Crippen LogP contribution in [0.25, 0.3) is 11.4 Å². The zero-order valence-corrected chi connectivity index (χ0v) is 11.1. The minimum atomic E-state index is 0.0910. The van der Waals surface area contributed by atoms with Crippen molar-refractivity contribution in [1.82, 2.24) is 15.5 Å². The van der Waals surface area contributed by atoms with E-state index in [1.165, 1.54) is 0 Å². The molecule has 2 heterocycles. The summed E-state index contributed by atoms with van der Waals surface area (Å²) in [4.78, 5) is 4.37. The van der Waals surface area contributed by atoms with Crippen LogP contribution in [-0.2, 0) is 11.2 Å². The first-order chi connectivity index (χ1) is 9.33. The first kappa shape index (κ1) is 12.6. The van der Waals surface area contributed by atoms with Gasteiger partial charge < -0.3 is 14.6 Å². The molecule has 1 aromatic heterocycles. The SMILES string of the molecule is Clc1ccccc1-c1noc(CC2CNCCO2)n1. The Labute approximate surface area is 115 Å². The lowest BCUT2D eigenvalue weighted by Crippen LogP contribution is -2.39. The molecule has 0 bridgehead atoms. The van der Waals surface area contributed by atoms with Gasteiger partial charge in [-0.25, -0.2) is 0 Å². The van der Waals surface area contributed by atoms with E-state index in [4.69, 9.17) is 20.9 Å². The molecule has 0 spiro atoms. The standard InChI is InChI=1S/C13H14ClN3O2/c14-11-4-2-1-3-10(11)13-16-12(19-17-13)7-9-8-15-5-6-18-9/h1-4,9,15H,5-8H2. The summed E-state index contributed by atoms with van der Waals surface area (Å²) in [7, 11) is 0. The maximum atomic E-state index is 6.10. The summed E-state index contributed by atoms with van der Waals surface area (Å²) in [6.07, 6.45) is 0.707. The van der Waals surface area contributed by atoms with E-state index in [2.05, 4.69) is 15.5 Å². The Balaban J connectivity index is 1.74. The quantitative estimate of drug-likeness (QED) is 0.930. The van der Waals surface area contributed by atoms with Crippen LogP contribution in [0, 0.1) is 0 Å². The second-order valence-electron chi connectivity index (χ2n) is 4.39. The van der Waals surface area contributed by atoms with Crippen molar-refractivity contribution in [3.05, 3.63) is 35.2 Å². The number of benzene rings is 1. The summed E-state index contributed by atoms with van der Waals surface area (Å²) in [5.74, 6) is 1.09. The normalized spacial score (nSPS) is 19.5. The van der Waals surface area contributed by atoms with Crippen molar-refractivity contribution >= 4 is 11.6 Å². The van der Waals surface area contributed by atoms with Crippen molar-refractivity contribution in [2.45, 2.75) is 12.5 Å². The zero-order valence-electron chi connectivity index (χ0n) is 10.3. The van der Waals surface area contributed by atoms with Crippen molar-refractivity contribution in [3.8, 4) is 11.4 Å². The molecule has 1 fully saturated rings. The lowest BCUT2D eigenvalue weighted by atomic mass is 10.2. The van der Waals surface area contributed by atoms with Crippen LogP contribution in [-0.4, -0.2) is 35.9 Å². The molecule has 0 amide bonds. The van der Waals surface area contributed by atoms with Gasteiger partial charge in [0, 0.05) is 18.7 Å². The first-order valence-corrected chi connectivity index (χ1v) is 6.60. The third kappa shape index (κ3) is 2.94. The van der Waals surface area contributed by atoms with Crippen molar-refractivity contribution in [2.24, 2.45) is 0 Å². The van der Waals surface area contributed by atoms with Crippen LogP contribution >= 0.6 is 11.6 Å². The number of ether oxygens (including phenoxy) is 1. The summed E-state index contributed by atoms with van der Waals surface area (Å²) in [5, 5.41) is 7.85. The lowest BCUT2D eigenvalue weighted by Gasteiger charge is -2.21. The minimum Gasteiger partial charge on any atom is -0.375 e. The number of nitrogens with one attached hydrogen (secondary N) is 1. The van der Waals surface area contributed by atoms with Gasteiger partial charge in [-0.1, -0.05) is 28.9 Å². The number of hydrogen-bond donors (Lipinski definition) is 1. The zero-order chi connectivity index (χ0) is 13.1. The van der Waals surface area contributed by atoms with Gasteiger partial charge in [0.15, 0.2) is 0 Å². The number of aromatic nitrogens is 2. The van der Waals surface area contributed by atoms with Gasteiger partial charge in [0.25, 0.3) is 0 Å². The predicted octanol–water partition coefficient (Wildman–Crippen LogP) is 1.92. The summed E-state index contributed by atoms with van der Waals surface area (Å²) < 4.78 is 10.9. The van der Waals surface area contributed by atoms with Crippen molar-refractivity contribution in [1.29, 1.82) is 0 Å². The molecule has 6 heteroatoms. The Morgan fingerprint density at radius 1 is 1.37 bits per heavy atom. The topological polar surface area (TPSA) is 60.2 Å². The molecule has 1 aromatic carbocycles. The van der Waals surface area contributed by atoms with Crippen LogP contribution in [0.3, 0.4) is 0 Å². The van der Waals surface area contributed by atoms with E-state index >= 15 is 0 Å². The number of rotatable bonds is 3. The minimum absolute atomic E-state index is 0.0910. The fourth-order valence-corrected chi connectivity index (χ4v) is 2.26. The first-order valence-electron chi connectivity index (χ1n) is 6.23. The molecule has 0 radical (unpaired) electrons. The highest BCUT2D eigenvalue weighted by atomic mass is 35.5. The maximum absolute atomic E-state index is 6.10. The van der Waals surface area contributed by atoms with Crippen LogP contribution in [0.15, 0.2) is 28.8 Å². The van der Waals surface area contributed by atoms with Crippen LogP contribution in [0.4, 0.5) is 0 Å². The Bertz CT molecular complexity index is 552. The lowest BCUT2D eigenvalue weighted by molar-refractivity contribution is 0.0246. The Kier molecular flexibility index (Phi) is 3.77. The monoisotopic (exact) mass is 279 g/mol. The van der Waals surface area contributed by atoms with E-state index in [9.17, 15) is 0 Å². The number of morpholine rings is 1. The fraction of sp³-hybridized carbons (Fsp3) is 0.385. The molecule has 1 N–H and O–H groups in total. The molecule has 1 aliphatic heterocycles. The van der Waals surface area contributed by atoms with Gasteiger partial charge in [-0.15, -0.1) is 0 Å². The summed E-state index contributed by atoms with van der Waals surface area (Å²) in [5.41, 5.74) is 0.779. The van der Waals surface area contributed by atoms with Gasteiger partial charge in [-0.3, -0.25) is 0 Å². The summed E-state index contributed by atoms with van der Waals surface area (Å²) in [6.45, 7) is 2.42. The highest BCUT2D eigenvalue weighted by Gasteiger charge is 2.18. The number of hydrogen-bond acceptors (Lipinski definition) is 5. The van der Waals surface area contributed by atoms with Crippen molar-refractivity contribution in [2.75, 3.05) is 19.7 Å². The molecule has 0 saturated carbocycles. The Morgan fingerprint density at radius 2 is 2.26 bits per heavy atom. The largest absolute Gasteiger partial charge is 0.375 e. The van der Waals surface area contributed by atoms with Crippen molar-refractivity contribution in [3.63, 3.8) is 0 Å². The average molecular weight is 280 g/mol. The third-order valence-electron chi connectivity index (χ3n) is 2.99. The predicted molar refractivity (Wildman–Crippen MR) is 71.1 cm³/mol.